The number of fused-ring (bicyclic) bond motifs is 1. The van der Waals surface area contributed by atoms with Crippen molar-refractivity contribution < 1.29 is 0 Å². The van der Waals surface area contributed by atoms with E-state index in [-0.39, 0.29) is 5.41 Å². The van der Waals surface area contributed by atoms with E-state index in [9.17, 15) is 0 Å². The van der Waals surface area contributed by atoms with Gasteiger partial charge >= 0.3 is 0 Å². The molecule has 102 valence electrons. The maximum absolute atomic E-state index is 4.64. The first-order valence-electron chi connectivity index (χ1n) is 7.00. The van der Waals surface area contributed by atoms with Gasteiger partial charge in [-0.3, -0.25) is 4.68 Å². The molecule has 0 aromatic carbocycles. The highest BCUT2D eigenvalue weighted by atomic mass is 15.3. The van der Waals surface area contributed by atoms with Gasteiger partial charge in [-0.1, -0.05) is 20.8 Å². The third-order valence-corrected chi connectivity index (χ3v) is 3.62. The van der Waals surface area contributed by atoms with Crippen LogP contribution in [0.3, 0.4) is 0 Å². The summed E-state index contributed by atoms with van der Waals surface area (Å²) in [6.07, 6.45) is 4.59. The van der Waals surface area contributed by atoms with Crippen LogP contribution in [0.4, 0.5) is 0 Å². The highest BCUT2D eigenvalue weighted by molar-refractivity contribution is 5.80. The minimum Gasteiger partial charge on any atom is -0.310 e. The number of rotatable bonds is 3. The van der Waals surface area contributed by atoms with E-state index in [2.05, 4.69) is 42.2 Å². The molecule has 19 heavy (non-hydrogen) atoms. The number of hydrogen-bond donors (Lipinski definition) is 1. The molecule has 1 aliphatic rings. The molecule has 2 aromatic rings. The Labute approximate surface area is 114 Å². The van der Waals surface area contributed by atoms with Crippen molar-refractivity contribution in [2.45, 2.75) is 51.6 Å². The summed E-state index contributed by atoms with van der Waals surface area (Å²) in [6, 6.07) is 2.97. The van der Waals surface area contributed by atoms with Crippen LogP contribution >= 0.6 is 0 Å². The molecule has 0 amide bonds. The van der Waals surface area contributed by atoms with E-state index in [4.69, 9.17) is 0 Å². The Morgan fingerprint density at radius 2 is 2.11 bits per heavy atom. The average Bonchev–Trinajstić information content (AvgIpc) is 3.10. The fraction of sp³-hybridized carbons (Fsp3) is 0.600. The summed E-state index contributed by atoms with van der Waals surface area (Å²) in [5.41, 5.74) is 3.40. The summed E-state index contributed by atoms with van der Waals surface area (Å²) >= 11 is 0. The molecule has 0 saturated heterocycles. The molecular formula is C15H22N4. The predicted molar refractivity (Wildman–Crippen MR) is 77.1 cm³/mol. The van der Waals surface area contributed by atoms with E-state index in [1.54, 1.807) is 0 Å². The third kappa shape index (κ3) is 2.50. The van der Waals surface area contributed by atoms with Crippen LogP contribution in [0.15, 0.2) is 12.3 Å². The van der Waals surface area contributed by atoms with Gasteiger partial charge in [-0.25, -0.2) is 4.98 Å². The number of hydrogen-bond acceptors (Lipinski definition) is 3. The Kier molecular flexibility index (Phi) is 2.86. The van der Waals surface area contributed by atoms with E-state index in [0.29, 0.717) is 0 Å². The Morgan fingerprint density at radius 3 is 2.74 bits per heavy atom. The summed E-state index contributed by atoms with van der Waals surface area (Å²) in [4.78, 5) is 4.57. The Bertz CT molecular complexity index is 602. The van der Waals surface area contributed by atoms with Gasteiger partial charge in [-0.2, -0.15) is 5.10 Å². The Hall–Kier alpha value is -1.42. The smallest absolute Gasteiger partial charge is 0.157 e. The molecule has 0 bridgehead atoms. The van der Waals surface area contributed by atoms with Gasteiger partial charge in [0.05, 0.1) is 5.69 Å². The van der Waals surface area contributed by atoms with Crippen LogP contribution < -0.4 is 5.32 Å². The van der Waals surface area contributed by atoms with Gasteiger partial charge in [0.2, 0.25) is 0 Å². The van der Waals surface area contributed by atoms with Crippen LogP contribution in [-0.2, 0) is 19.0 Å². The number of nitrogens with one attached hydrogen (secondary N) is 1. The zero-order chi connectivity index (χ0) is 13.6. The van der Waals surface area contributed by atoms with E-state index in [1.165, 1.54) is 23.8 Å². The topological polar surface area (TPSA) is 42.7 Å². The van der Waals surface area contributed by atoms with Crippen molar-refractivity contribution in [2.24, 2.45) is 7.05 Å². The van der Waals surface area contributed by atoms with Crippen LogP contribution in [0, 0.1) is 0 Å². The van der Waals surface area contributed by atoms with Crippen molar-refractivity contribution in [3.8, 4) is 0 Å². The first-order chi connectivity index (χ1) is 8.95. The fourth-order valence-electron chi connectivity index (χ4n) is 2.38. The van der Waals surface area contributed by atoms with Crippen molar-refractivity contribution in [1.29, 1.82) is 0 Å². The maximum atomic E-state index is 4.64. The van der Waals surface area contributed by atoms with Crippen LogP contribution in [0.2, 0.25) is 0 Å². The molecule has 0 unspecified atom stereocenters. The third-order valence-electron chi connectivity index (χ3n) is 3.62. The molecule has 1 fully saturated rings. The molecule has 1 saturated carbocycles. The molecule has 4 heteroatoms. The molecule has 4 nitrogen and oxygen atoms in total. The number of aryl methyl sites for hydroxylation is 1. The molecular weight excluding hydrogens is 236 g/mol. The van der Waals surface area contributed by atoms with Crippen molar-refractivity contribution in [2.75, 3.05) is 0 Å². The largest absolute Gasteiger partial charge is 0.310 e. The second-order valence-electron chi connectivity index (χ2n) is 6.59. The number of aromatic nitrogens is 3. The zero-order valence-electron chi connectivity index (χ0n) is 12.2. The molecule has 1 aliphatic carbocycles. The highest BCUT2D eigenvalue weighted by Gasteiger charge is 2.23. The maximum Gasteiger partial charge on any atom is 0.157 e. The van der Waals surface area contributed by atoms with Crippen molar-refractivity contribution in [3.63, 3.8) is 0 Å². The average molecular weight is 258 g/mol. The van der Waals surface area contributed by atoms with E-state index >= 15 is 0 Å². The predicted octanol–water partition coefficient (Wildman–Crippen LogP) is 2.52. The summed E-state index contributed by atoms with van der Waals surface area (Å²) in [5, 5.41) is 9.36. The van der Waals surface area contributed by atoms with Crippen molar-refractivity contribution >= 4 is 11.0 Å². The van der Waals surface area contributed by atoms with Gasteiger partial charge in [0, 0.05) is 36.6 Å². The van der Waals surface area contributed by atoms with Gasteiger partial charge in [0.15, 0.2) is 5.65 Å². The van der Waals surface area contributed by atoms with Crippen LogP contribution in [0.1, 0.15) is 44.9 Å². The minimum atomic E-state index is 0.0454. The second-order valence-corrected chi connectivity index (χ2v) is 6.59. The normalized spacial score (nSPS) is 16.2. The zero-order valence-corrected chi connectivity index (χ0v) is 12.2. The quantitative estimate of drug-likeness (QED) is 0.920. The van der Waals surface area contributed by atoms with E-state index < -0.39 is 0 Å². The van der Waals surface area contributed by atoms with Gasteiger partial charge in [-0.15, -0.1) is 0 Å². The molecule has 0 aliphatic heterocycles. The first-order valence-corrected chi connectivity index (χ1v) is 7.00. The Morgan fingerprint density at radius 1 is 1.37 bits per heavy atom. The number of pyridine rings is 1. The van der Waals surface area contributed by atoms with E-state index in [0.717, 1.165) is 23.9 Å². The van der Waals surface area contributed by atoms with Crippen LogP contribution in [-0.4, -0.2) is 20.8 Å². The molecule has 1 N–H and O–H groups in total. The van der Waals surface area contributed by atoms with Crippen molar-refractivity contribution in [1.82, 2.24) is 20.1 Å². The first kappa shape index (κ1) is 12.6. The fourth-order valence-corrected chi connectivity index (χ4v) is 2.38. The van der Waals surface area contributed by atoms with E-state index in [1.807, 2.05) is 17.9 Å². The molecule has 0 radical (unpaired) electrons. The van der Waals surface area contributed by atoms with Gasteiger partial charge in [-0.05, 0) is 24.5 Å². The molecule has 2 heterocycles. The van der Waals surface area contributed by atoms with Gasteiger partial charge < -0.3 is 5.32 Å². The lowest BCUT2D eigenvalue weighted by molar-refractivity contribution is 0.558. The summed E-state index contributed by atoms with van der Waals surface area (Å²) in [7, 11) is 1.96. The molecule has 2 aromatic heterocycles. The summed E-state index contributed by atoms with van der Waals surface area (Å²) < 4.78 is 1.88. The number of nitrogens with zero attached hydrogens (tertiary/aromatic N) is 3. The standard InChI is InChI=1S/C15H22N4/c1-15(2,3)13-12-7-10(8-16-11-5-6-11)9-17-14(12)19(4)18-13/h7,9,11,16H,5-6,8H2,1-4H3. The lowest BCUT2D eigenvalue weighted by atomic mass is 9.90. The monoisotopic (exact) mass is 258 g/mol. The highest BCUT2D eigenvalue weighted by Crippen LogP contribution is 2.28. The minimum absolute atomic E-state index is 0.0454. The Balaban J connectivity index is 1.99. The summed E-state index contributed by atoms with van der Waals surface area (Å²) in [5.74, 6) is 0. The molecule has 0 atom stereocenters. The summed E-state index contributed by atoms with van der Waals surface area (Å²) in [6.45, 7) is 7.50. The molecule has 3 rings (SSSR count). The second kappa shape index (κ2) is 4.30. The van der Waals surface area contributed by atoms with Crippen molar-refractivity contribution in [3.05, 3.63) is 23.5 Å². The van der Waals surface area contributed by atoms with Gasteiger partial charge in [0.1, 0.15) is 0 Å². The van der Waals surface area contributed by atoms with Crippen LogP contribution in [0.5, 0.6) is 0 Å². The lowest BCUT2D eigenvalue weighted by Gasteiger charge is -2.15. The lowest BCUT2D eigenvalue weighted by Crippen LogP contribution is -2.15. The SMILES string of the molecule is Cn1nc(C(C)(C)C)c2cc(CNC3CC3)cnc21. The molecule has 0 spiro atoms. The van der Waals surface area contributed by atoms with Crippen LogP contribution in [0.25, 0.3) is 11.0 Å². The van der Waals surface area contributed by atoms with Gasteiger partial charge in [0.25, 0.3) is 0 Å².